The van der Waals surface area contributed by atoms with Gasteiger partial charge in [0.25, 0.3) is 0 Å². The van der Waals surface area contributed by atoms with E-state index in [0.29, 0.717) is 0 Å². The largest absolute Gasteiger partial charge is 0.430 e. The van der Waals surface area contributed by atoms with E-state index in [1.165, 1.54) is 14.8 Å². The summed E-state index contributed by atoms with van der Waals surface area (Å²) in [4.78, 5) is 2.14. The number of hydrogen-bond donors (Lipinski definition) is 1. The van der Waals surface area contributed by atoms with E-state index < -0.39 is 5.85 Å². The molecule has 1 unspecified atom stereocenters. The second kappa shape index (κ2) is 5.15. The fourth-order valence-electron chi connectivity index (χ4n) is 2.54. The van der Waals surface area contributed by atoms with Crippen molar-refractivity contribution < 1.29 is 13.5 Å². The topological polar surface area (TPSA) is 38.5 Å². The summed E-state index contributed by atoms with van der Waals surface area (Å²) in [7, 11) is 1.36. The van der Waals surface area contributed by atoms with Gasteiger partial charge in [0.15, 0.2) is 0 Å². The fourth-order valence-corrected chi connectivity index (χ4v) is 2.68. The van der Waals surface area contributed by atoms with Crippen molar-refractivity contribution in [2.75, 3.05) is 17.2 Å². The summed E-state index contributed by atoms with van der Waals surface area (Å²) in [5, 5.41) is 0. The van der Waals surface area contributed by atoms with E-state index >= 15 is 0 Å². The first-order valence-corrected chi connectivity index (χ1v) is 7.12. The van der Waals surface area contributed by atoms with Crippen LogP contribution in [0.1, 0.15) is 5.56 Å². The summed E-state index contributed by atoms with van der Waals surface area (Å²) < 4.78 is 30.0. The predicted octanol–water partition coefficient (Wildman–Crippen LogP) is 3.77. The molecule has 0 saturated heterocycles. The highest BCUT2D eigenvalue weighted by Gasteiger charge is 2.24. The maximum atomic E-state index is 12.8. The number of anilines is 3. The van der Waals surface area contributed by atoms with E-state index in [-0.39, 0.29) is 5.75 Å². The minimum Gasteiger partial charge on any atom is -0.430 e. The lowest BCUT2D eigenvalue weighted by molar-refractivity contribution is -0.0892. The summed E-state index contributed by atoms with van der Waals surface area (Å²) in [5.74, 6) is -3.12. The van der Waals surface area contributed by atoms with Crippen molar-refractivity contribution in [2.45, 2.75) is 12.3 Å². The van der Waals surface area contributed by atoms with Gasteiger partial charge in [-0.25, -0.2) is 0 Å². The first-order valence-electron chi connectivity index (χ1n) is 6.54. The SMILES string of the molecule is Nc1ccc2c(c1)CCN2c1ccc(OC(F)(F)P)cc1. The second-order valence-electron chi connectivity index (χ2n) is 4.95. The van der Waals surface area contributed by atoms with Gasteiger partial charge in [-0.05, 0) is 63.7 Å². The molecular weight excluding hydrogens is 293 g/mol. The van der Waals surface area contributed by atoms with Gasteiger partial charge in [0.1, 0.15) is 5.75 Å². The first-order chi connectivity index (χ1) is 9.92. The van der Waals surface area contributed by atoms with Crippen LogP contribution in [0.3, 0.4) is 0 Å². The van der Waals surface area contributed by atoms with E-state index in [1.54, 1.807) is 24.3 Å². The van der Waals surface area contributed by atoms with Gasteiger partial charge in [0.2, 0.25) is 0 Å². The summed E-state index contributed by atoms with van der Waals surface area (Å²) in [5.41, 5.74) is 9.79. The van der Waals surface area contributed by atoms with Crippen molar-refractivity contribution in [3.63, 3.8) is 0 Å². The molecule has 0 aromatic heterocycles. The Hall–Kier alpha value is -1.87. The molecule has 0 saturated carbocycles. The second-order valence-corrected chi connectivity index (χ2v) is 5.62. The van der Waals surface area contributed by atoms with E-state index in [4.69, 9.17) is 5.73 Å². The van der Waals surface area contributed by atoms with Crippen molar-refractivity contribution in [3.05, 3.63) is 48.0 Å². The van der Waals surface area contributed by atoms with Gasteiger partial charge in [-0.3, -0.25) is 0 Å². The van der Waals surface area contributed by atoms with Crippen LogP contribution in [0.4, 0.5) is 25.8 Å². The molecule has 2 aromatic carbocycles. The van der Waals surface area contributed by atoms with Crippen LogP contribution in [0.15, 0.2) is 42.5 Å². The number of nitrogens with two attached hydrogens (primary N) is 1. The molecule has 0 spiro atoms. The Bertz CT molecular complexity index is 656. The van der Waals surface area contributed by atoms with Gasteiger partial charge in [-0.2, -0.15) is 8.78 Å². The zero-order chi connectivity index (χ0) is 15.0. The molecule has 0 amide bonds. The number of hydrogen-bond acceptors (Lipinski definition) is 3. The number of rotatable bonds is 3. The molecule has 0 fully saturated rings. The highest BCUT2D eigenvalue weighted by Crippen LogP contribution is 2.36. The zero-order valence-corrected chi connectivity index (χ0v) is 12.4. The summed E-state index contributed by atoms with van der Waals surface area (Å²) in [6.45, 7) is 0.846. The lowest BCUT2D eigenvalue weighted by Gasteiger charge is -2.20. The van der Waals surface area contributed by atoms with Crippen LogP contribution in [0.25, 0.3) is 0 Å². The van der Waals surface area contributed by atoms with Crippen LogP contribution in [0.2, 0.25) is 0 Å². The third kappa shape index (κ3) is 3.08. The van der Waals surface area contributed by atoms with Gasteiger partial charge < -0.3 is 15.4 Å². The highest BCUT2D eigenvalue weighted by molar-refractivity contribution is 7.17. The van der Waals surface area contributed by atoms with Gasteiger partial charge in [-0.1, -0.05) is 0 Å². The van der Waals surface area contributed by atoms with Crippen LogP contribution < -0.4 is 15.4 Å². The van der Waals surface area contributed by atoms with E-state index in [9.17, 15) is 8.78 Å². The third-order valence-electron chi connectivity index (χ3n) is 3.40. The normalized spacial score (nSPS) is 14.1. The quantitative estimate of drug-likeness (QED) is 0.693. The van der Waals surface area contributed by atoms with E-state index in [1.807, 2.05) is 18.2 Å². The average molecular weight is 308 g/mol. The maximum absolute atomic E-state index is 12.8. The third-order valence-corrected chi connectivity index (χ3v) is 3.52. The molecule has 0 radical (unpaired) electrons. The monoisotopic (exact) mass is 308 g/mol. The Labute approximate surface area is 123 Å². The number of halogens is 2. The molecule has 0 aliphatic carbocycles. The Balaban J connectivity index is 1.83. The lowest BCUT2D eigenvalue weighted by atomic mass is 10.1. The predicted molar refractivity (Wildman–Crippen MR) is 83.3 cm³/mol. The van der Waals surface area contributed by atoms with Crippen molar-refractivity contribution in [2.24, 2.45) is 0 Å². The van der Waals surface area contributed by atoms with Crippen molar-refractivity contribution in [1.82, 2.24) is 0 Å². The smallest absolute Gasteiger partial charge is 0.408 e. The minimum atomic E-state index is -3.25. The summed E-state index contributed by atoms with van der Waals surface area (Å²) in [6, 6.07) is 12.5. The van der Waals surface area contributed by atoms with Gasteiger partial charge >= 0.3 is 5.85 Å². The van der Waals surface area contributed by atoms with Crippen LogP contribution in [0.5, 0.6) is 5.75 Å². The van der Waals surface area contributed by atoms with Crippen LogP contribution in [-0.4, -0.2) is 12.4 Å². The zero-order valence-electron chi connectivity index (χ0n) is 11.2. The number of nitrogen functional groups attached to an aromatic ring is 1. The first kappa shape index (κ1) is 14.1. The Kier molecular flexibility index (Phi) is 3.46. The van der Waals surface area contributed by atoms with Crippen LogP contribution >= 0.6 is 9.24 Å². The highest BCUT2D eigenvalue weighted by atomic mass is 31.0. The molecule has 3 rings (SSSR count). The molecule has 1 aliphatic rings. The van der Waals surface area contributed by atoms with E-state index in [2.05, 4.69) is 9.64 Å². The Morgan fingerprint density at radius 2 is 1.86 bits per heavy atom. The molecule has 1 aliphatic heterocycles. The molecule has 6 heteroatoms. The molecule has 3 nitrogen and oxygen atoms in total. The van der Waals surface area contributed by atoms with Crippen molar-refractivity contribution >= 4 is 26.3 Å². The van der Waals surface area contributed by atoms with Gasteiger partial charge in [0.05, 0.1) is 0 Å². The summed E-state index contributed by atoms with van der Waals surface area (Å²) in [6.07, 6.45) is 0.919. The standard InChI is InChI=1S/C15H15F2N2OP/c16-15(17,21)20-13-4-2-12(3-5-13)19-8-7-10-9-11(18)1-6-14(10)19/h1-6,9H,7-8,18,21H2. The number of fused-ring (bicyclic) bond motifs is 1. The molecule has 1 atom stereocenters. The number of alkyl halides is 2. The number of ether oxygens (including phenoxy) is 1. The van der Waals surface area contributed by atoms with E-state index in [0.717, 1.165) is 30.0 Å². The van der Waals surface area contributed by atoms with Gasteiger partial charge in [0, 0.05) is 23.6 Å². The average Bonchev–Trinajstić information content (AvgIpc) is 2.80. The maximum Gasteiger partial charge on any atom is 0.408 e. The number of nitrogens with zero attached hydrogens (tertiary/aromatic N) is 1. The Morgan fingerprint density at radius 1 is 1.14 bits per heavy atom. The molecule has 110 valence electrons. The van der Waals surface area contributed by atoms with Crippen molar-refractivity contribution in [1.29, 1.82) is 0 Å². The lowest BCUT2D eigenvalue weighted by Crippen LogP contribution is -2.15. The molecule has 0 bridgehead atoms. The molecule has 1 heterocycles. The Morgan fingerprint density at radius 3 is 2.52 bits per heavy atom. The summed E-state index contributed by atoms with van der Waals surface area (Å²) >= 11 is 0. The van der Waals surface area contributed by atoms with Crippen LogP contribution in [0, 0.1) is 0 Å². The fraction of sp³-hybridized carbons (Fsp3) is 0.200. The van der Waals surface area contributed by atoms with Gasteiger partial charge in [-0.15, -0.1) is 0 Å². The molecule has 21 heavy (non-hydrogen) atoms. The molecule has 2 N–H and O–H groups in total. The molecule has 2 aromatic rings. The van der Waals surface area contributed by atoms with Crippen molar-refractivity contribution in [3.8, 4) is 5.75 Å². The van der Waals surface area contributed by atoms with Crippen LogP contribution in [-0.2, 0) is 6.42 Å². The number of benzene rings is 2. The minimum absolute atomic E-state index is 0.135. The molecular formula is C15H15F2N2OP.